The van der Waals surface area contributed by atoms with Crippen molar-refractivity contribution in [1.29, 1.82) is 0 Å². The fraction of sp³-hybridized carbons (Fsp3) is 0.360. The first-order valence-corrected chi connectivity index (χ1v) is 11.2. The van der Waals surface area contributed by atoms with Crippen molar-refractivity contribution in [1.82, 2.24) is 10.2 Å². The summed E-state index contributed by atoms with van der Waals surface area (Å²) >= 11 is 0. The zero-order valence-electron chi connectivity index (χ0n) is 18.8. The predicted molar refractivity (Wildman–Crippen MR) is 121 cm³/mol. The zero-order valence-corrected chi connectivity index (χ0v) is 18.8. The Balaban J connectivity index is 1.46. The first kappa shape index (κ1) is 23.4. The van der Waals surface area contributed by atoms with Gasteiger partial charge < -0.3 is 15.4 Å². The van der Waals surface area contributed by atoms with Gasteiger partial charge in [-0.05, 0) is 55.9 Å². The minimum atomic E-state index is -1.33. The normalized spacial score (nSPS) is 22.9. The van der Waals surface area contributed by atoms with Crippen molar-refractivity contribution in [2.45, 2.75) is 44.2 Å². The van der Waals surface area contributed by atoms with Gasteiger partial charge in [0, 0.05) is 11.3 Å². The van der Waals surface area contributed by atoms with Gasteiger partial charge in [-0.2, -0.15) is 0 Å². The molecule has 2 aliphatic rings. The minimum absolute atomic E-state index is 0.325. The molecule has 0 aromatic heterocycles. The van der Waals surface area contributed by atoms with E-state index in [2.05, 4.69) is 17.6 Å². The molecule has 9 heteroatoms. The van der Waals surface area contributed by atoms with E-state index in [-0.39, 0.29) is 0 Å². The molecule has 1 saturated heterocycles. The van der Waals surface area contributed by atoms with E-state index < -0.39 is 47.8 Å². The summed E-state index contributed by atoms with van der Waals surface area (Å²) in [6, 6.07) is 12.9. The molecule has 4 amide bonds. The molecule has 2 N–H and O–H groups in total. The van der Waals surface area contributed by atoms with Gasteiger partial charge in [-0.25, -0.2) is 9.18 Å². The van der Waals surface area contributed by atoms with Gasteiger partial charge in [-0.15, -0.1) is 0 Å². The van der Waals surface area contributed by atoms with E-state index in [1.165, 1.54) is 24.3 Å². The average molecular weight is 467 g/mol. The number of rotatable bonds is 6. The Bertz CT molecular complexity index is 1080. The Morgan fingerprint density at radius 2 is 1.76 bits per heavy atom. The lowest BCUT2D eigenvalue weighted by Crippen LogP contribution is -2.49. The molecular formula is C25H26FN3O5. The quantitative estimate of drug-likeness (QED) is 0.499. The van der Waals surface area contributed by atoms with Crippen LogP contribution in [0.15, 0.2) is 54.6 Å². The predicted octanol–water partition coefficient (Wildman–Crippen LogP) is 3.55. The number of carbonyl (C=O) groups excluding carboxylic acids is 4. The fourth-order valence-electron chi connectivity index (χ4n) is 4.35. The highest BCUT2D eigenvalue weighted by atomic mass is 19.1. The SMILES string of the molecule is CC1CCC2(CC1)NC(=O)N(CC(=O)O[C@H](C(=O)Nc1ccc(F)cc1)c1ccccc1)C2=O. The largest absolute Gasteiger partial charge is 0.446 e. The monoisotopic (exact) mass is 467 g/mol. The number of hydrogen-bond donors (Lipinski definition) is 2. The number of imide groups is 1. The van der Waals surface area contributed by atoms with Gasteiger partial charge >= 0.3 is 12.0 Å². The average Bonchev–Trinajstić information content (AvgIpc) is 3.05. The van der Waals surface area contributed by atoms with Crippen LogP contribution in [0.5, 0.6) is 0 Å². The first-order chi connectivity index (χ1) is 16.3. The molecule has 1 heterocycles. The molecule has 2 fully saturated rings. The number of benzene rings is 2. The molecule has 8 nitrogen and oxygen atoms in total. The maximum Gasteiger partial charge on any atom is 0.327 e. The maximum absolute atomic E-state index is 13.2. The van der Waals surface area contributed by atoms with Crippen LogP contribution in [0.2, 0.25) is 0 Å². The number of nitrogens with one attached hydrogen (secondary N) is 2. The number of halogens is 1. The summed E-state index contributed by atoms with van der Waals surface area (Å²) in [5.41, 5.74) is -0.237. The first-order valence-electron chi connectivity index (χ1n) is 11.2. The Hall–Kier alpha value is -3.75. The van der Waals surface area contributed by atoms with E-state index in [1.807, 2.05) is 0 Å². The maximum atomic E-state index is 13.2. The lowest BCUT2D eigenvalue weighted by molar-refractivity contribution is -0.156. The summed E-state index contributed by atoms with van der Waals surface area (Å²) in [4.78, 5) is 52.1. The molecule has 2 aromatic rings. The van der Waals surface area contributed by atoms with Gasteiger partial charge in [0.2, 0.25) is 6.10 Å². The molecule has 1 saturated carbocycles. The second-order valence-electron chi connectivity index (χ2n) is 8.86. The van der Waals surface area contributed by atoms with Crippen LogP contribution in [0.25, 0.3) is 0 Å². The van der Waals surface area contributed by atoms with E-state index in [0.717, 1.165) is 17.7 Å². The summed E-state index contributed by atoms with van der Waals surface area (Å²) in [7, 11) is 0. The van der Waals surface area contributed by atoms with Gasteiger partial charge in [-0.3, -0.25) is 19.3 Å². The van der Waals surface area contributed by atoms with Gasteiger partial charge in [0.25, 0.3) is 11.8 Å². The van der Waals surface area contributed by atoms with Crippen molar-refractivity contribution < 1.29 is 28.3 Å². The molecular weight excluding hydrogens is 441 g/mol. The second-order valence-corrected chi connectivity index (χ2v) is 8.86. The molecule has 178 valence electrons. The number of anilines is 1. The lowest BCUT2D eigenvalue weighted by atomic mass is 9.77. The highest BCUT2D eigenvalue weighted by Crippen LogP contribution is 2.36. The van der Waals surface area contributed by atoms with Crippen LogP contribution in [-0.2, 0) is 19.1 Å². The molecule has 0 radical (unpaired) electrons. The number of hydrogen-bond acceptors (Lipinski definition) is 5. The van der Waals surface area contributed by atoms with Crippen LogP contribution in [0.1, 0.15) is 44.3 Å². The Morgan fingerprint density at radius 1 is 1.12 bits per heavy atom. The fourth-order valence-corrected chi connectivity index (χ4v) is 4.35. The summed E-state index contributed by atoms with van der Waals surface area (Å²) in [5, 5.41) is 5.35. The minimum Gasteiger partial charge on any atom is -0.446 e. The van der Waals surface area contributed by atoms with Crippen molar-refractivity contribution in [2.75, 3.05) is 11.9 Å². The van der Waals surface area contributed by atoms with Crippen LogP contribution in [0.4, 0.5) is 14.9 Å². The molecule has 2 aromatic carbocycles. The molecule has 1 aliphatic carbocycles. The van der Waals surface area contributed by atoms with Gasteiger partial charge in [0.1, 0.15) is 17.9 Å². The van der Waals surface area contributed by atoms with Crippen LogP contribution in [0, 0.1) is 11.7 Å². The second kappa shape index (κ2) is 9.62. The topological polar surface area (TPSA) is 105 Å². The number of carbonyl (C=O) groups is 4. The van der Waals surface area contributed by atoms with Crippen LogP contribution in [0.3, 0.4) is 0 Å². The van der Waals surface area contributed by atoms with Crippen molar-refractivity contribution in [2.24, 2.45) is 5.92 Å². The third-order valence-electron chi connectivity index (χ3n) is 6.36. The molecule has 4 rings (SSSR count). The zero-order chi connectivity index (χ0) is 24.3. The number of ether oxygens (including phenoxy) is 1. The van der Waals surface area contributed by atoms with E-state index >= 15 is 0 Å². The molecule has 34 heavy (non-hydrogen) atoms. The standard InChI is InChI=1S/C25H26FN3O5/c1-16-11-13-25(14-12-16)23(32)29(24(33)28-25)15-20(30)34-21(17-5-3-2-4-6-17)22(31)27-19-9-7-18(26)8-10-19/h2-10,16,21H,11-15H2,1H3,(H,27,31)(H,28,33)/t16?,21-,25?/m0/s1. The van der Waals surface area contributed by atoms with Crippen LogP contribution < -0.4 is 10.6 Å². The van der Waals surface area contributed by atoms with Gasteiger partial charge in [0.05, 0.1) is 0 Å². The Labute approximate surface area is 196 Å². The van der Waals surface area contributed by atoms with Gasteiger partial charge in [-0.1, -0.05) is 37.3 Å². The molecule has 0 bridgehead atoms. The highest BCUT2D eigenvalue weighted by Gasteiger charge is 2.52. The van der Waals surface area contributed by atoms with Crippen molar-refractivity contribution >= 4 is 29.5 Å². The number of amides is 4. The third-order valence-corrected chi connectivity index (χ3v) is 6.36. The van der Waals surface area contributed by atoms with Crippen molar-refractivity contribution in [3.63, 3.8) is 0 Å². The number of urea groups is 1. The molecule has 1 aliphatic heterocycles. The van der Waals surface area contributed by atoms with Crippen LogP contribution >= 0.6 is 0 Å². The number of nitrogens with zero attached hydrogens (tertiary/aromatic N) is 1. The van der Waals surface area contributed by atoms with Gasteiger partial charge in [0.15, 0.2) is 0 Å². The Morgan fingerprint density at radius 3 is 2.41 bits per heavy atom. The van der Waals surface area contributed by atoms with E-state index in [4.69, 9.17) is 4.74 Å². The van der Waals surface area contributed by atoms with E-state index in [9.17, 15) is 23.6 Å². The summed E-state index contributed by atoms with van der Waals surface area (Å²) in [6.45, 7) is 1.50. The number of esters is 1. The van der Waals surface area contributed by atoms with E-state index in [1.54, 1.807) is 30.3 Å². The smallest absolute Gasteiger partial charge is 0.327 e. The van der Waals surface area contributed by atoms with Crippen molar-refractivity contribution in [3.05, 3.63) is 66.0 Å². The summed E-state index contributed by atoms with van der Waals surface area (Å²) < 4.78 is 18.6. The molecule has 1 atom stereocenters. The molecule has 1 spiro atoms. The summed E-state index contributed by atoms with van der Waals surface area (Å²) in [6.07, 6.45) is 1.34. The van der Waals surface area contributed by atoms with E-state index in [0.29, 0.717) is 30.0 Å². The highest BCUT2D eigenvalue weighted by molar-refractivity contribution is 6.09. The third kappa shape index (κ3) is 4.93. The molecule has 0 unspecified atom stereocenters. The summed E-state index contributed by atoms with van der Waals surface area (Å²) in [5.74, 6) is -1.97. The lowest BCUT2D eigenvalue weighted by Gasteiger charge is -2.33. The van der Waals surface area contributed by atoms with Crippen molar-refractivity contribution in [3.8, 4) is 0 Å². The Kier molecular flexibility index (Phi) is 6.63. The van der Waals surface area contributed by atoms with Crippen LogP contribution in [-0.4, -0.2) is 40.8 Å².